The average molecular weight is 257 g/mol. The van der Waals surface area contributed by atoms with E-state index in [0.717, 1.165) is 24.4 Å². The van der Waals surface area contributed by atoms with Gasteiger partial charge in [0, 0.05) is 24.8 Å². The molecular formula is C13H20FNOS. The highest BCUT2D eigenvalue weighted by Crippen LogP contribution is 2.26. The number of benzene rings is 1. The summed E-state index contributed by atoms with van der Waals surface area (Å²) in [7, 11) is 1.97. The molecule has 0 aromatic heterocycles. The van der Waals surface area contributed by atoms with E-state index in [1.807, 2.05) is 18.8 Å². The molecule has 17 heavy (non-hydrogen) atoms. The summed E-state index contributed by atoms with van der Waals surface area (Å²) in [4.78, 5) is 2.07. The molecule has 1 rings (SSSR count). The number of nitrogens with zero attached hydrogens (tertiary/aromatic N) is 1. The molecule has 96 valence electrons. The fourth-order valence-corrected chi connectivity index (χ4v) is 2.19. The summed E-state index contributed by atoms with van der Waals surface area (Å²) in [5, 5.41) is 9.65. The topological polar surface area (TPSA) is 23.5 Å². The quantitative estimate of drug-likeness (QED) is 0.792. The molecule has 0 saturated carbocycles. The first-order valence-corrected chi connectivity index (χ1v) is 7.13. The van der Waals surface area contributed by atoms with Crippen LogP contribution in [0.2, 0.25) is 0 Å². The molecule has 0 unspecified atom stereocenters. The zero-order valence-electron chi connectivity index (χ0n) is 10.6. The molecule has 0 amide bonds. The highest BCUT2D eigenvalue weighted by Gasteiger charge is 2.12. The van der Waals surface area contributed by atoms with E-state index in [1.165, 1.54) is 12.1 Å². The van der Waals surface area contributed by atoms with Gasteiger partial charge in [-0.05, 0) is 43.6 Å². The van der Waals surface area contributed by atoms with Crippen LogP contribution in [0.15, 0.2) is 18.2 Å². The van der Waals surface area contributed by atoms with Crippen molar-refractivity contribution >= 4 is 17.4 Å². The van der Waals surface area contributed by atoms with Crippen LogP contribution in [0.4, 0.5) is 10.1 Å². The lowest BCUT2D eigenvalue weighted by Crippen LogP contribution is -2.21. The highest BCUT2D eigenvalue weighted by atomic mass is 32.2. The summed E-state index contributed by atoms with van der Waals surface area (Å²) in [5.41, 5.74) is 1.55. The van der Waals surface area contributed by atoms with Crippen molar-refractivity contribution in [3.05, 3.63) is 29.6 Å². The maximum absolute atomic E-state index is 13.1. The second kappa shape index (κ2) is 6.87. The van der Waals surface area contributed by atoms with Crippen LogP contribution in [0.5, 0.6) is 0 Å². The first kappa shape index (κ1) is 14.3. The van der Waals surface area contributed by atoms with Crippen molar-refractivity contribution in [2.45, 2.75) is 19.4 Å². The number of halogens is 1. The summed E-state index contributed by atoms with van der Waals surface area (Å²) in [6, 6.07) is 4.58. The normalized spacial score (nSPS) is 12.5. The van der Waals surface area contributed by atoms with Crippen LogP contribution in [-0.2, 0) is 0 Å². The maximum atomic E-state index is 13.1. The van der Waals surface area contributed by atoms with Gasteiger partial charge in [0.25, 0.3) is 0 Å². The highest BCUT2D eigenvalue weighted by molar-refractivity contribution is 7.98. The number of hydrogen-bond donors (Lipinski definition) is 1. The van der Waals surface area contributed by atoms with Crippen LogP contribution in [0.1, 0.15) is 25.0 Å². The molecule has 1 aromatic carbocycles. The number of anilines is 1. The molecule has 1 N–H and O–H groups in total. The van der Waals surface area contributed by atoms with Crippen LogP contribution in [0.3, 0.4) is 0 Å². The Morgan fingerprint density at radius 1 is 1.47 bits per heavy atom. The Bertz CT molecular complexity index is 357. The van der Waals surface area contributed by atoms with Crippen molar-refractivity contribution in [2.75, 3.05) is 30.5 Å². The summed E-state index contributed by atoms with van der Waals surface area (Å²) in [6.45, 7) is 2.57. The second-order valence-corrected chi connectivity index (χ2v) is 5.13. The molecule has 0 aliphatic rings. The summed E-state index contributed by atoms with van der Waals surface area (Å²) >= 11 is 1.82. The number of aliphatic hydroxyl groups is 1. The van der Waals surface area contributed by atoms with Crippen molar-refractivity contribution in [2.24, 2.45) is 0 Å². The van der Waals surface area contributed by atoms with Crippen LogP contribution in [0.25, 0.3) is 0 Å². The van der Waals surface area contributed by atoms with Crippen LogP contribution < -0.4 is 4.90 Å². The van der Waals surface area contributed by atoms with Gasteiger partial charge in [0.2, 0.25) is 0 Å². The van der Waals surface area contributed by atoms with Crippen molar-refractivity contribution in [1.29, 1.82) is 0 Å². The minimum atomic E-state index is -0.649. The third-order valence-electron chi connectivity index (χ3n) is 2.69. The van der Waals surface area contributed by atoms with E-state index in [1.54, 1.807) is 13.0 Å². The largest absolute Gasteiger partial charge is 0.389 e. The van der Waals surface area contributed by atoms with Crippen LogP contribution in [-0.4, -0.2) is 30.7 Å². The number of rotatable bonds is 6. The fraction of sp³-hybridized carbons (Fsp3) is 0.538. The van der Waals surface area contributed by atoms with Gasteiger partial charge >= 0.3 is 0 Å². The van der Waals surface area contributed by atoms with Crippen molar-refractivity contribution in [3.8, 4) is 0 Å². The summed E-state index contributed by atoms with van der Waals surface area (Å²) in [6.07, 6.45) is 2.51. The second-order valence-electron chi connectivity index (χ2n) is 4.15. The van der Waals surface area contributed by atoms with Crippen LogP contribution in [0, 0.1) is 5.82 Å². The van der Waals surface area contributed by atoms with Crippen molar-refractivity contribution in [1.82, 2.24) is 0 Å². The smallest absolute Gasteiger partial charge is 0.123 e. The Hall–Kier alpha value is -0.740. The lowest BCUT2D eigenvalue weighted by molar-refractivity contribution is 0.199. The first-order valence-electron chi connectivity index (χ1n) is 5.74. The Morgan fingerprint density at radius 3 is 2.76 bits per heavy atom. The predicted octanol–water partition coefficient (Wildman–Crippen LogP) is 3.07. The van der Waals surface area contributed by atoms with Gasteiger partial charge in [0.05, 0.1) is 6.10 Å². The molecule has 0 saturated heterocycles. The zero-order valence-corrected chi connectivity index (χ0v) is 11.4. The lowest BCUT2D eigenvalue weighted by atomic mass is 10.1. The predicted molar refractivity (Wildman–Crippen MR) is 73.3 cm³/mol. The fourth-order valence-electron chi connectivity index (χ4n) is 1.77. The molecule has 0 aliphatic heterocycles. The van der Waals surface area contributed by atoms with Gasteiger partial charge in [0.15, 0.2) is 0 Å². The van der Waals surface area contributed by atoms with Crippen molar-refractivity contribution < 1.29 is 9.50 Å². The van der Waals surface area contributed by atoms with Gasteiger partial charge < -0.3 is 10.0 Å². The Kier molecular flexibility index (Phi) is 5.78. The lowest BCUT2D eigenvalue weighted by Gasteiger charge is -2.23. The zero-order chi connectivity index (χ0) is 12.8. The molecule has 0 radical (unpaired) electrons. The van der Waals surface area contributed by atoms with Gasteiger partial charge in [-0.25, -0.2) is 4.39 Å². The molecule has 1 atom stereocenters. The van der Waals surface area contributed by atoms with Gasteiger partial charge in [0.1, 0.15) is 5.82 Å². The molecule has 2 nitrogen and oxygen atoms in total. The van der Waals surface area contributed by atoms with Gasteiger partial charge in [-0.15, -0.1) is 0 Å². The Morgan fingerprint density at radius 2 is 2.18 bits per heavy atom. The van der Waals surface area contributed by atoms with E-state index < -0.39 is 6.10 Å². The third-order valence-corrected chi connectivity index (χ3v) is 3.39. The minimum absolute atomic E-state index is 0.304. The number of thioether (sulfide) groups is 1. The van der Waals surface area contributed by atoms with Crippen LogP contribution >= 0.6 is 11.8 Å². The SMILES string of the molecule is CSCCCN(C)c1ccc(F)cc1[C@@H](C)O. The van der Waals surface area contributed by atoms with E-state index in [-0.39, 0.29) is 5.82 Å². The van der Waals surface area contributed by atoms with Gasteiger partial charge in [-0.1, -0.05) is 0 Å². The molecular weight excluding hydrogens is 237 g/mol. The van der Waals surface area contributed by atoms with Gasteiger partial charge in [-0.3, -0.25) is 0 Å². The van der Waals surface area contributed by atoms with Crippen molar-refractivity contribution in [3.63, 3.8) is 0 Å². The van der Waals surface area contributed by atoms with E-state index in [9.17, 15) is 9.50 Å². The molecule has 0 spiro atoms. The standard InChI is InChI=1S/C13H20FNOS/c1-10(16)12-9-11(14)5-6-13(12)15(2)7-4-8-17-3/h5-6,9-10,16H,4,7-8H2,1-3H3/t10-/m1/s1. The monoisotopic (exact) mass is 257 g/mol. The van der Waals surface area contributed by atoms with E-state index in [2.05, 4.69) is 11.2 Å². The first-order chi connectivity index (χ1) is 8.06. The molecule has 0 heterocycles. The summed E-state index contributed by atoms with van der Waals surface area (Å²) < 4.78 is 13.1. The molecule has 1 aromatic rings. The van der Waals surface area contributed by atoms with E-state index in [0.29, 0.717) is 5.56 Å². The Balaban J connectivity index is 2.81. The average Bonchev–Trinajstić information content (AvgIpc) is 2.29. The van der Waals surface area contributed by atoms with Gasteiger partial charge in [-0.2, -0.15) is 11.8 Å². The Labute approximate surface area is 107 Å². The summed E-state index contributed by atoms with van der Waals surface area (Å²) in [5.74, 6) is 0.803. The number of hydrogen-bond acceptors (Lipinski definition) is 3. The molecule has 4 heteroatoms. The van der Waals surface area contributed by atoms with E-state index >= 15 is 0 Å². The minimum Gasteiger partial charge on any atom is -0.389 e. The third kappa shape index (κ3) is 4.21. The molecule has 0 fully saturated rings. The number of aliphatic hydroxyl groups excluding tert-OH is 1. The molecule has 0 bridgehead atoms. The maximum Gasteiger partial charge on any atom is 0.123 e. The molecule has 0 aliphatic carbocycles. The van der Waals surface area contributed by atoms with E-state index in [4.69, 9.17) is 0 Å².